The van der Waals surface area contributed by atoms with E-state index in [2.05, 4.69) is 0 Å². The first-order valence-electron chi connectivity index (χ1n) is 2.99. The average Bonchev–Trinajstić information content (AvgIpc) is 2.28. The van der Waals surface area contributed by atoms with Gasteiger partial charge in [-0.25, -0.2) is 0 Å². The van der Waals surface area contributed by atoms with E-state index in [4.69, 9.17) is 0 Å². The number of rotatable bonds is 1. The molecule has 0 aliphatic carbocycles. The summed E-state index contributed by atoms with van der Waals surface area (Å²) in [5.74, 6) is 0. The number of nitrogens with zero attached hydrogens (tertiary/aromatic N) is 1. The summed E-state index contributed by atoms with van der Waals surface area (Å²) in [6.07, 6.45) is -2.94. The largest absolute Gasteiger partial charge is 0.701 e. The summed E-state index contributed by atoms with van der Waals surface area (Å²) < 4.78 is 65.1. The van der Waals surface area contributed by atoms with E-state index in [1.807, 2.05) is 0 Å². The summed E-state index contributed by atoms with van der Waals surface area (Å²) >= 11 is 0. The van der Waals surface area contributed by atoms with Gasteiger partial charge >= 0.3 is 6.30 Å². The van der Waals surface area contributed by atoms with Crippen LogP contribution in [0.4, 0.5) is 13.2 Å². The third kappa shape index (κ3) is 1.36. The quantitative estimate of drug-likeness (QED) is 0.369. The number of hydrogen-bond acceptors (Lipinski definition) is 3. The molecule has 0 saturated heterocycles. The van der Waals surface area contributed by atoms with Crippen LogP contribution in [0.15, 0.2) is 24.6 Å². The second-order valence-corrected chi connectivity index (χ2v) is 3.75. The van der Waals surface area contributed by atoms with E-state index in [0.29, 0.717) is 0 Å². The van der Waals surface area contributed by atoms with Crippen LogP contribution in [-0.2, 0) is 10.3 Å². The van der Waals surface area contributed by atoms with Gasteiger partial charge in [-0.15, -0.1) is 13.2 Å². The number of halogens is 3. The standard InChI is InChI=1S/C5H4F3NO3S/c6-5(7,8)9(13(10,11)12)3-1-2-4-9/h1-4H. The van der Waals surface area contributed by atoms with Crippen molar-refractivity contribution in [2.24, 2.45) is 0 Å². The molecule has 13 heavy (non-hydrogen) atoms. The molecule has 4 nitrogen and oxygen atoms in total. The Kier molecular flexibility index (Phi) is 2.02. The van der Waals surface area contributed by atoms with Crippen molar-refractivity contribution in [3.05, 3.63) is 24.6 Å². The Morgan fingerprint density at radius 1 is 1.15 bits per heavy atom. The van der Waals surface area contributed by atoms with Crippen molar-refractivity contribution in [1.82, 2.24) is 0 Å². The van der Waals surface area contributed by atoms with Gasteiger partial charge in [0.2, 0.25) is 0 Å². The van der Waals surface area contributed by atoms with Gasteiger partial charge in [-0.05, 0) is 12.2 Å². The maximum atomic E-state index is 12.2. The minimum atomic E-state index is -5.53. The Morgan fingerprint density at radius 3 is 1.69 bits per heavy atom. The van der Waals surface area contributed by atoms with Crippen LogP contribution >= 0.6 is 0 Å². The van der Waals surface area contributed by atoms with Crippen molar-refractivity contribution < 1.29 is 30.0 Å². The van der Waals surface area contributed by atoms with Crippen LogP contribution in [-0.4, -0.2) is 23.2 Å². The van der Waals surface area contributed by atoms with Crippen LogP contribution in [0.1, 0.15) is 0 Å². The lowest BCUT2D eigenvalue weighted by molar-refractivity contribution is -0.842. The Bertz CT molecular complexity index is 355. The monoisotopic (exact) mass is 215 g/mol. The van der Waals surface area contributed by atoms with Gasteiger partial charge in [0.05, 0.1) is 0 Å². The lowest BCUT2D eigenvalue weighted by atomic mass is 10.6. The molecule has 8 heteroatoms. The summed E-state index contributed by atoms with van der Waals surface area (Å²) in [5, 5.41) is 0. The van der Waals surface area contributed by atoms with Gasteiger partial charge in [0, 0.05) is 0 Å². The molecule has 0 bridgehead atoms. The predicted octanol–water partition coefficient (Wildman–Crippen LogP) is 0.824. The molecule has 0 amide bonds. The van der Waals surface area contributed by atoms with Crippen molar-refractivity contribution in [3.63, 3.8) is 0 Å². The fourth-order valence-electron chi connectivity index (χ4n) is 0.850. The Morgan fingerprint density at radius 2 is 1.54 bits per heavy atom. The Labute approximate surface area is 72.0 Å². The zero-order chi connectivity index (χ0) is 10.3. The Hall–Kier alpha value is -0.860. The summed E-state index contributed by atoms with van der Waals surface area (Å²) in [4.78, 5) is 0. The third-order valence-electron chi connectivity index (χ3n) is 1.49. The second-order valence-electron chi connectivity index (χ2n) is 2.29. The molecule has 1 rings (SSSR count). The highest BCUT2D eigenvalue weighted by molar-refractivity contribution is 7.80. The molecular formula is C5H4F3NO3S. The van der Waals surface area contributed by atoms with Crippen molar-refractivity contribution in [3.8, 4) is 0 Å². The maximum absolute atomic E-state index is 12.2. The zero-order valence-corrected chi connectivity index (χ0v) is 6.84. The van der Waals surface area contributed by atoms with Crippen LogP contribution in [0.2, 0.25) is 0 Å². The summed E-state index contributed by atoms with van der Waals surface area (Å²) in [6, 6.07) is 0. The molecule has 0 saturated carbocycles. The topological polar surface area (TPSA) is 57.2 Å². The lowest BCUT2D eigenvalue weighted by Gasteiger charge is -2.30. The van der Waals surface area contributed by atoms with E-state index in [9.17, 15) is 26.1 Å². The van der Waals surface area contributed by atoms with Gasteiger partial charge in [-0.3, -0.25) is 0 Å². The van der Waals surface area contributed by atoms with Gasteiger partial charge in [0.25, 0.3) is 10.3 Å². The molecule has 0 aromatic heterocycles. The molecule has 1 aliphatic rings. The molecule has 1 aliphatic heterocycles. The molecule has 0 aromatic carbocycles. The van der Waals surface area contributed by atoms with Gasteiger partial charge in [0.1, 0.15) is 12.4 Å². The molecular weight excluding hydrogens is 211 g/mol. The highest BCUT2D eigenvalue weighted by Crippen LogP contribution is 2.37. The Balaban J connectivity index is 3.37. The van der Waals surface area contributed by atoms with Gasteiger partial charge in [0.15, 0.2) is 0 Å². The smallest absolute Gasteiger partial charge is 0.584 e. The maximum Gasteiger partial charge on any atom is 0.584 e. The van der Waals surface area contributed by atoms with Crippen molar-refractivity contribution in [2.45, 2.75) is 6.30 Å². The molecule has 0 fully saturated rings. The van der Waals surface area contributed by atoms with Crippen molar-refractivity contribution in [1.29, 1.82) is 0 Å². The molecule has 1 heterocycles. The second kappa shape index (κ2) is 2.56. The molecule has 74 valence electrons. The highest BCUT2D eigenvalue weighted by Gasteiger charge is 2.59. The van der Waals surface area contributed by atoms with Crippen molar-refractivity contribution in [2.75, 3.05) is 0 Å². The summed E-state index contributed by atoms with van der Waals surface area (Å²) in [6.45, 7) is 0. The van der Waals surface area contributed by atoms with Crippen LogP contribution < -0.4 is 0 Å². The number of hydrogen-bond donors (Lipinski definition) is 0. The molecule has 0 spiro atoms. The summed E-state index contributed by atoms with van der Waals surface area (Å²) in [5.41, 5.74) is 0. The van der Waals surface area contributed by atoms with Gasteiger partial charge < -0.3 is 4.55 Å². The van der Waals surface area contributed by atoms with E-state index in [1.165, 1.54) is 0 Å². The normalized spacial score (nSPS) is 20.9. The molecule has 0 atom stereocenters. The first-order chi connectivity index (χ1) is 5.71. The van der Waals surface area contributed by atoms with E-state index in [0.717, 1.165) is 12.2 Å². The SMILES string of the molecule is O=S(=O)([O-])[N+]1(C(F)(F)F)C=CC=C1. The van der Waals surface area contributed by atoms with Crippen LogP contribution in [0, 0.1) is 0 Å². The molecule has 0 unspecified atom stereocenters. The number of alkyl halides is 3. The summed E-state index contributed by atoms with van der Waals surface area (Å²) in [7, 11) is -5.53. The average molecular weight is 215 g/mol. The van der Waals surface area contributed by atoms with Crippen LogP contribution in [0.5, 0.6) is 0 Å². The minimum absolute atomic E-state index is 0.266. The molecule has 0 aromatic rings. The van der Waals surface area contributed by atoms with Crippen LogP contribution in [0.3, 0.4) is 0 Å². The van der Waals surface area contributed by atoms with Crippen LogP contribution in [0.25, 0.3) is 0 Å². The van der Waals surface area contributed by atoms with Gasteiger partial charge in [-0.1, -0.05) is 3.89 Å². The highest BCUT2D eigenvalue weighted by atomic mass is 32.2. The minimum Gasteiger partial charge on any atom is -0.701 e. The number of allylic oxidation sites excluding steroid dienone is 2. The van der Waals surface area contributed by atoms with E-state index in [1.54, 1.807) is 0 Å². The van der Waals surface area contributed by atoms with E-state index in [-0.39, 0.29) is 12.4 Å². The van der Waals surface area contributed by atoms with E-state index >= 15 is 0 Å². The fraction of sp³-hybridized carbons (Fsp3) is 0.200. The first-order valence-corrected chi connectivity index (χ1v) is 4.35. The third-order valence-corrected chi connectivity index (χ3v) is 2.68. The fourth-order valence-corrected chi connectivity index (χ4v) is 1.54. The first kappa shape index (κ1) is 10.2. The van der Waals surface area contributed by atoms with E-state index < -0.39 is 20.5 Å². The molecule has 0 N–H and O–H groups in total. The van der Waals surface area contributed by atoms with Crippen molar-refractivity contribution >= 4 is 10.3 Å². The number of quaternary nitrogens is 1. The van der Waals surface area contributed by atoms with Gasteiger partial charge in [-0.2, -0.15) is 8.42 Å². The zero-order valence-electron chi connectivity index (χ0n) is 6.02. The molecule has 0 radical (unpaired) electrons. The lowest BCUT2D eigenvalue weighted by Crippen LogP contribution is -2.52. The predicted molar refractivity (Wildman–Crippen MR) is 34.3 cm³/mol.